The SMILES string of the molecule is C1=CC2CCCCC2C=C1.CC. The maximum atomic E-state index is 2.38. The van der Waals surface area contributed by atoms with E-state index in [-0.39, 0.29) is 0 Å². The standard InChI is InChI=1S/C10H14.C2H6/c1-2-6-10-8-4-3-7-9(10)5-1;1-2/h1-2,5-6,9-10H,3-4,7-8H2;1-2H3. The van der Waals surface area contributed by atoms with Crippen LogP contribution in [0.1, 0.15) is 39.5 Å². The van der Waals surface area contributed by atoms with Crippen LogP contribution in [-0.2, 0) is 0 Å². The predicted molar refractivity (Wildman–Crippen MR) is 55.1 cm³/mol. The summed E-state index contributed by atoms with van der Waals surface area (Å²) in [5, 5.41) is 0. The lowest BCUT2D eigenvalue weighted by atomic mass is 9.77. The molecule has 0 aromatic rings. The zero-order chi connectivity index (χ0) is 8.81. The highest BCUT2D eigenvalue weighted by Gasteiger charge is 2.21. The fourth-order valence-corrected chi connectivity index (χ4v) is 2.08. The van der Waals surface area contributed by atoms with E-state index >= 15 is 0 Å². The van der Waals surface area contributed by atoms with Gasteiger partial charge in [0, 0.05) is 0 Å². The highest BCUT2D eigenvalue weighted by atomic mass is 14.3. The van der Waals surface area contributed by atoms with Gasteiger partial charge in [0.1, 0.15) is 0 Å². The van der Waals surface area contributed by atoms with E-state index in [2.05, 4.69) is 24.3 Å². The van der Waals surface area contributed by atoms with Crippen molar-refractivity contribution in [1.82, 2.24) is 0 Å². The predicted octanol–water partition coefficient (Wildman–Crippen LogP) is 3.95. The third-order valence-corrected chi connectivity index (χ3v) is 2.70. The average Bonchev–Trinajstić information content (AvgIpc) is 2.21. The van der Waals surface area contributed by atoms with Crippen LogP contribution < -0.4 is 0 Å². The zero-order valence-electron chi connectivity index (χ0n) is 8.29. The fraction of sp³-hybridized carbons (Fsp3) is 0.667. The molecule has 0 N–H and O–H groups in total. The lowest BCUT2D eigenvalue weighted by molar-refractivity contribution is 0.335. The first-order valence-electron chi connectivity index (χ1n) is 5.32. The van der Waals surface area contributed by atoms with Gasteiger partial charge in [0.25, 0.3) is 0 Å². The fourth-order valence-electron chi connectivity index (χ4n) is 2.08. The summed E-state index contributed by atoms with van der Waals surface area (Å²) in [5.74, 6) is 1.78. The van der Waals surface area contributed by atoms with Gasteiger partial charge in [0.2, 0.25) is 0 Å². The average molecular weight is 164 g/mol. The van der Waals surface area contributed by atoms with Crippen molar-refractivity contribution in [2.45, 2.75) is 39.5 Å². The Balaban J connectivity index is 0.000000336. The molecule has 0 aliphatic heterocycles. The van der Waals surface area contributed by atoms with Gasteiger partial charge in [-0.15, -0.1) is 0 Å². The second kappa shape index (κ2) is 5.18. The van der Waals surface area contributed by atoms with Gasteiger partial charge in [0.15, 0.2) is 0 Å². The molecule has 0 nitrogen and oxygen atoms in total. The molecule has 2 aliphatic carbocycles. The number of hydrogen-bond acceptors (Lipinski definition) is 0. The Kier molecular flexibility index (Phi) is 4.13. The van der Waals surface area contributed by atoms with Crippen molar-refractivity contribution in [2.75, 3.05) is 0 Å². The lowest BCUT2D eigenvalue weighted by Crippen LogP contribution is -2.16. The summed E-state index contributed by atoms with van der Waals surface area (Å²) >= 11 is 0. The van der Waals surface area contributed by atoms with Crippen molar-refractivity contribution < 1.29 is 0 Å². The minimum Gasteiger partial charge on any atom is -0.0808 e. The van der Waals surface area contributed by atoms with E-state index in [0.29, 0.717) is 0 Å². The second-order valence-electron chi connectivity index (χ2n) is 3.38. The molecule has 68 valence electrons. The van der Waals surface area contributed by atoms with E-state index in [1.807, 2.05) is 13.8 Å². The molecular weight excluding hydrogens is 144 g/mol. The van der Waals surface area contributed by atoms with E-state index in [9.17, 15) is 0 Å². The molecule has 1 fully saturated rings. The molecule has 0 aromatic heterocycles. The normalized spacial score (nSPS) is 31.8. The summed E-state index contributed by atoms with van der Waals surface area (Å²) in [6.07, 6.45) is 14.9. The van der Waals surface area contributed by atoms with Gasteiger partial charge in [-0.25, -0.2) is 0 Å². The molecular formula is C12H20. The van der Waals surface area contributed by atoms with E-state index in [4.69, 9.17) is 0 Å². The topological polar surface area (TPSA) is 0 Å². The highest BCUT2D eigenvalue weighted by Crippen LogP contribution is 2.33. The maximum absolute atomic E-state index is 2.38. The molecule has 0 aromatic carbocycles. The Morgan fingerprint density at radius 3 is 1.67 bits per heavy atom. The molecule has 0 saturated heterocycles. The van der Waals surface area contributed by atoms with Crippen LogP contribution in [0.5, 0.6) is 0 Å². The van der Waals surface area contributed by atoms with Crippen molar-refractivity contribution in [1.29, 1.82) is 0 Å². The number of fused-ring (bicyclic) bond motifs is 1. The molecule has 2 rings (SSSR count). The molecule has 0 amide bonds. The first kappa shape index (κ1) is 9.57. The van der Waals surface area contributed by atoms with Crippen LogP contribution in [0.3, 0.4) is 0 Å². The molecule has 2 aliphatic rings. The summed E-state index contributed by atoms with van der Waals surface area (Å²) in [6, 6.07) is 0. The van der Waals surface area contributed by atoms with Crippen LogP contribution in [0.25, 0.3) is 0 Å². The highest BCUT2D eigenvalue weighted by molar-refractivity contribution is 5.14. The third-order valence-electron chi connectivity index (χ3n) is 2.70. The largest absolute Gasteiger partial charge is 0.0808 e. The summed E-state index contributed by atoms with van der Waals surface area (Å²) in [5.41, 5.74) is 0. The first-order chi connectivity index (χ1) is 5.97. The van der Waals surface area contributed by atoms with Gasteiger partial charge < -0.3 is 0 Å². The number of rotatable bonds is 0. The minimum atomic E-state index is 0.888. The van der Waals surface area contributed by atoms with Gasteiger partial charge in [-0.3, -0.25) is 0 Å². The Bertz CT molecular complexity index is 145. The summed E-state index contributed by atoms with van der Waals surface area (Å²) in [4.78, 5) is 0. The summed E-state index contributed by atoms with van der Waals surface area (Å²) in [7, 11) is 0. The number of hydrogen-bond donors (Lipinski definition) is 0. The van der Waals surface area contributed by atoms with Gasteiger partial charge in [-0.2, -0.15) is 0 Å². The second-order valence-corrected chi connectivity index (χ2v) is 3.38. The van der Waals surface area contributed by atoms with Crippen LogP contribution in [0.15, 0.2) is 24.3 Å². The molecule has 1 saturated carbocycles. The molecule has 0 bridgehead atoms. The van der Waals surface area contributed by atoms with Crippen LogP contribution in [-0.4, -0.2) is 0 Å². The minimum absolute atomic E-state index is 0.888. The molecule has 0 spiro atoms. The van der Waals surface area contributed by atoms with Crippen LogP contribution >= 0.6 is 0 Å². The molecule has 0 heteroatoms. The van der Waals surface area contributed by atoms with E-state index in [0.717, 1.165) is 11.8 Å². The van der Waals surface area contributed by atoms with Gasteiger partial charge in [-0.1, -0.05) is 51.0 Å². The Hall–Kier alpha value is -0.520. The summed E-state index contributed by atoms with van der Waals surface area (Å²) in [6.45, 7) is 4.00. The van der Waals surface area contributed by atoms with Gasteiger partial charge in [-0.05, 0) is 24.7 Å². The molecule has 12 heavy (non-hydrogen) atoms. The number of allylic oxidation sites excluding steroid dienone is 4. The first-order valence-corrected chi connectivity index (χ1v) is 5.32. The Morgan fingerprint density at radius 1 is 0.833 bits per heavy atom. The van der Waals surface area contributed by atoms with Crippen molar-refractivity contribution >= 4 is 0 Å². The van der Waals surface area contributed by atoms with Crippen molar-refractivity contribution in [2.24, 2.45) is 11.8 Å². The Morgan fingerprint density at radius 2 is 1.25 bits per heavy atom. The molecule has 2 unspecified atom stereocenters. The lowest BCUT2D eigenvalue weighted by Gasteiger charge is -2.28. The maximum Gasteiger partial charge on any atom is -0.0167 e. The molecule has 2 atom stereocenters. The van der Waals surface area contributed by atoms with Crippen molar-refractivity contribution in [3.63, 3.8) is 0 Å². The molecule has 0 heterocycles. The Labute approximate surface area is 76.4 Å². The van der Waals surface area contributed by atoms with Gasteiger partial charge >= 0.3 is 0 Å². The quantitative estimate of drug-likeness (QED) is 0.508. The van der Waals surface area contributed by atoms with Crippen LogP contribution in [0.2, 0.25) is 0 Å². The smallest absolute Gasteiger partial charge is 0.0167 e. The van der Waals surface area contributed by atoms with Crippen LogP contribution in [0, 0.1) is 11.8 Å². The zero-order valence-corrected chi connectivity index (χ0v) is 8.29. The van der Waals surface area contributed by atoms with E-state index in [1.54, 1.807) is 0 Å². The van der Waals surface area contributed by atoms with Crippen molar-refractivity contribution in [3.8, 4) is 0 Å². The summed E-state index contributed by atoms with van der Waals surface area (Å²) < 4.78 is 0. The van der Waals surface area contributed by atoms with E-state index in [1.165, 1.54) is 25.7 Å². The third kappa shape index (κ3) is 2.23. The van der Waals surface area contributed by atoms with Crippen LogP contribution in [0.4, 0.5) is 0 Å². The molecule has 0 radical (unpaired) electrons. The van der Waals surface area contributed by atoms with E-state index < -0.39 is 0 Å². The van der Waals surface area contributed by atoms with Crippen molar-refractivity contribution in [3.05, 3.63) is 24.3 Å². The monoisotopic (exact) mass is 164 g/mol. The van der Waals surface area contributed by atoms with Gasteiger partial charge in [0.05, 0.1) is 0 Å².